The molecule has 2 atom stereocenters. The zero-order valence-electron chi connectivity index (χ0n) is 14.8. The molecule has 0 saturated heterocycles. The number of nitrogens with zero attached hydrogens (tertiary/aromatic N) is 3. The lowest BCUT2D eigenvalue weighted by atomic mass is 9.81. The van der Waals surface area contributed by atoms with Gasteiger partial charge in [0, 0.05) is 18.5 Å². The highest BCUT2D eigenvalue weighted by Crippen LogP contribution is 2.34. The number of hydrogen-bond donors (Lipinski definition) is 1. The lowest BCUT2D eigenvalue weighted by Crippen LogP contribution is -2.52. The Morgan fingerprint density at radius 3 is 2.75 bits per heavy atom. The molecule has 2 unspecified atom stereocenters. The summed E-state index contributed by atoms with van der Waals surface area (Å²) in [5.41, 5.74) is 2.59. The molecule has 0 radical (unpaired) electrons. The molecule has 0 saturated carbocycles. The maximum absolute atomic E-state index is 12.9. The molecule has 3 heterocycles. The van der Waals surface area contributed by atoms with Crippen LogP contribution in [-0.2, 0) is 10.3 Å². The van der Waals surface area contributed by atoms with E-state index in [9.17, 15) is 4.79 Å². The smallest absolute Gasteiger partial charge is 0.253 e. The van der Waals surface area contributed by atoms with Gasteiger partial charge >= 0.3 is 0 Å². The Morgan fingerprint density at radius 1 is 1.42 bits per heavy atom. The molecule has 0 aliphatic carbocycles. The second-order valence-electron chi connectivity index (χ2n) is 7.21. The third kappa shape index (κ3) is 2.80. The Bertz CT molecular complexity index is 721. The molecule has 2 aliphatic rings. The highest BCUT2D eigenvalue weighted by molar-refractivity contribution is 5.96. The number of carbonyl (C=O) groups excluding carboxylic acids is 1. The Balaban J connectivity index is 1.91. The number of quaternary nitrogens is 1. The number of rotatable bonds is 4. The summed E-state index contributed by atoms with van der Waals surface area (Å²) in [5.74, 6) is -0.00115. The largest absolute Gasteiger partial charge is 0.343 e. The first-order valence-electron chi connectivity index (χ1n) is 8.39. The molecule has 1 aromatic rings. The quantitative estimate of drug-likeness (QED) is 0.866. The summed E-state index contributed by atoms with van der Waals surface area (Å²) in [6.45, 7) is 8.96. The molecule has 24 heavy (non-hydrogen) atoms. The summed E-state index contributed by atoms with van der Waals surface area (Å²) in [7, 11) is 0. The summed E-state index contributed by atoms with van der Waals surface area (Å²) in [6, 6.07) is 4.20. The second kappa shape index (κ2) is 5.98. The molecular weight excluding hydrogens is 300 g/mol. The van der Waals surface area contributed by atoms with Gasteiger partial charge in [-0.25, -0.2) is 0 Å². The average Bonchev–Trinajstić information content (AvgIpc) is 3.02. The van der Waals surface area contributed by atoms with Gasteiger partial charge in [0.1, 0.15) is 18.8 Å². The van der Waals surface area contributed by atoms with Gasteiger partial charge in [-0.15, -0.1) is 0 Å². The first kappa shape index (κ1) is 16.6. The molecule has 0 bridgehead atoms. The Kier molecular flexibility index (Phi) is 4.13. The molecule has 3 rings (SSSR count). The minimum Gasteiger partial charge on any atom is -0.343 e. The van der Waals surface area contributed by atoms with Crippen LogP contribution in [0.3, 0.4) is 0 Å². The van der Waals surface area contributed by atoms with Crippen molar-refractivity contribution in [1.82, 2.24) is 10.3 Å². The van der Waals surface area contributed by atoms with Crippen LogP contribution in [0.1, 0.15) is 39.7 Å². The standard InChI is InChI=1S/C19H24N4O/c1-14(2)23(10-6-9-21-23)13-17-15(3)11-19(4,22-18(17)24)16-7-5-8-20-12-16/h5-10,12,14H,11,13H2,1-4H3/p+1. The van der Waals surface area contributed by atoms with Crippen molar-refractivity contribution >= 4 is 12.1 Å². The molecule has 0 aromatic carbocycles. The van der Waals surface area contributed by atoms with Gasteiger partial charge in [-0.3, -0.25) is 9.78 Å². The van der Waals surface area contributed by atoms with Crippen molar-refractivity contribution in [3.05, 3.63) is 53.5 Å². The van der Waals surface area contributed by atoms with Crippen LogP contribution >= 0.6 is 0 Å². The van der Waals surface area contributed by atoms with Crippen molar-refractivity contribution in [1.29, 1.82) is 0 Å². The summed E-state index contributed by atoms with van der Waals surface area (Å²) >= 11 is 0. The molecule has 0 fully saturated rings. The lowest BCUT2D eigenvalue weighted by molar-refractivity contribution is -0.899. The Morgan fingerprint density at radius 2 is 2.21 bits per heavy atom. The predicted octanol–water partition coefficient (Wildman–Crippen LogP) is 2.87. The van der Waals surface area contributed by atoms with E-state index in [1.807, 2.05) is 30.6 Å². The SMILES string of the molecule is CC1=C(C[N+]2(C(C)C)C=CC=N2)C(=O)NC(C)(c2cccnc2)C1. The molecule has 0 spiro atoms. The first-order chi connectivity index (χ1) is 11.4. The van der Waals surface area contributed by atoms with Crippen molar-refractivity contribution in [2.45, 2.75) is 45.7 Å². The summed E-state index contributed by atoms with van der Waals surface area (Å²) < 4.78 is 0.448. The van der Waals surface area contributed by atoms with Crippen molar-refractivity contribution in [3.8, 4) is 0 Å². The fourth-order valence-electron chi connectivity index (χ4n) is 3.49. The van der Waals surface area contributed by atoms with E-state index in [1.165, 1.54) is 0 Å². The second-order valence-corrected chi connectivity index (χ2v) is 7.21. The predicted molar refractivity (Wildman–Crippen MR) is 94.9 cm³/mol. The van der Waals surface area contributed by atoms with Crippen LogP contribution in [0.25, 0.3) is 0 Å². The van der Waals surface area contributed by atoms with Gasteiger partial charge in [0.05, 0.1) is 17.3 Å². The van der Waals surface area contributed by atoms with Crippen molar-refractivity contribution < 1.29 is 9.39 Å². The van der Waals surface area contributed by atoms with E-state index in [0.29, 0.717) is 11.1 Å². The number of carbonyl (C=O) groups is 1. The van der Waals surface area contributed by atoms with E-state index in [2.05, 4.69) is 49.3 Å². The molecular formula is C19H25N4O+. The summed E-state index contributed by atoms with van der Waals surface area (Å²) in [6.07, 6.45) is 10.2. The number of aromatic nitrogens is 1. The van der Waals surface area contributed by atoms with Crippen LogP contribution in [0.2, 0.25) is 0 Å². The van der Waals surface area contributed by atoms with E-state index < -0.39 is 5.54 Å². The van der Waals surface area contributed by atoms with Crippen LogP contribution < -0.4 is 5.32 Å². The minimum atomic E-state index is -0.411. The average molecular weight is 325 g/mol. The Labute approximate surface area is 143 Å². The molecule has 2 aliphatic heterocycles. The van der Waals surface area contributed by atoms with Crippen LogP contribution in [0.15, 0.2) is 53.1 Å². The van der Waals surface area contributed by atoms with Crippen molar-refractivity contribution in [3.63, 3.8) is 0 Å². The van der Waals surface area contributed by atoms with Gasteiger partial charge in [0.15, 0.2) is 0 Å². The number of allylic oxidation sites excluding steroid dienone is 1. The molecule has 1 N–H and O–H groups in total. The van der Waals surface area contributed by atoms with Crippen molar-refractivity contribution in [2.24, 2.45) is 5.10 Å². The number of amides is 1. The van der Waals surface area contributed by atoms with Gasteiger partial charge in [-0.2, -0.15) is 4.59 Å². The number of nitrogens with one attached hydrogen (secondary N) is 1. The monoisotopic (exact) mass is 325 g/mol. The third-order valence-corrected chi connectivity index (χ3v) is 5.11. The maximum atomic E-state index is 12.9. The van der Waals surface area contributed by atoms with E-state index in [1.54, 1.807) is 6.20 Å². The van der Waals surface area contributed by atoms with Crippen LogP contribution in [-0.4, -0.2) is 34.3 Å². The van der Waals surface area contributed by atoms with Crippen molar-refractivity contribution in [2.75, 3.05) is 6.54 Å². The summed E-state index contributed by atoms with van der Waals surface area (Å²) in [5, 5.41) is 7.80. The highest BCUT2D eigenvalue weighted by Gasteiger charge is 2.41. The van der Waals surface area contributed by atoms with Gasteiger partial charge < -0.3 is 5.32 Å². The molecule has 126 valence electrons. The zero-order chi connectivity index (χ0) is 17.4. The highest BCUT2D eigenvalue weighted by atomic mass is 16.2. The maximum Gasteiger partial charge on any atom is 0.253 e. The van der Waals surface area contributed by atoms with E-state index in [-0.39, 0.29) is 11.9 Å². The van der Waals surface area contributed by atoms with E-state index in [0.717, 1.165) is 23.1 Å². The normalized spacial score (nSPS) is 29.5. The van der Waals surface area contributed by atoms with Crippen LogP contribution in [0.4, 0.5) is 0 Å². The fraction of sp³-hybridized carbons (Fsp3) is 0.421. The summed E-state index contributed by atoms with van der Waals surface area (Å²) in [4.78, 5) is 17.1. The van der Waals surface area contributed by atoms with E-state index in [4.69, 9.17) is 0 Å². The topological polar surface area (TPSA) is 54.4 Å². The molecule has 1 amide bonds. The van der Waals surface area contributed by atoms with Crippen LogP contribution in [0.5, 0.6) is 0 Å². The molecule has 5 nitrogen and oxygen atoms in total. The van der Waals surface area contributed by atoms with E-state index >= 15 is 0 Å². The molecule has 1 aromatic heterocycles. The van der Waals surface area contributed by atoms with Gasteiger partial charge in [-0.1, -0.05) is 16.7 Å². The van der Waals surface area contributed by atoms with Gasteiger partial charge in [0.2, 0.25) is 0 Å². The van der Waals surface area contributed by atoms with Gasteiger partial charge in [0.25, 0.3) is 5.91 Å². The fourth-order valence-corrected chi connectivity index (χ4v) is 3.49. The first-order valence-corrected chi connectivity index (χ1v) is 8.39. The minimum absolute atomic E-state index is 0.00115. The number of pyridine rings is 1. The number of hydrogen-bond acceptors (Lipinski definition) is 3. The Hall–Kier alpha value is -2.27. The zero-order valence-corrected chi connectivity index (χ0v) is 14.8. The van der Waals surface area contributed by atoms with Crippen LogP contribution in [0, 0.1) is 0 Å². The lowest BCUT2D eigenvalue weighted by Gasteiger charge is -2.38. The third-order valence-electron chi connectivity index (χ3n) is 5.11. The molecule has 5 heteroatoms. The van der Waals surface area contributed by atoms with Gasteiger partial charge in [-0.05, 0) is 45.7 Å².